The first kappa shape index (κ1) is 12.8. The Morgan fingerprint density at radius 1 is 1.37 bits per heavy atom. The molecule has 0 saturated carbocycles. The average Bonchev–Trinajstić information content (AvgIpc) is 3.11. The lowest BCUT2D eigenvalue weighted by molar-refractivity contribution is 0.518. The van der Waals surface area contributed by atoms with E-state index in [1.807, 2.05) is 11.3 Å². The molecule has 0 fully saturated rings. The molecule has 1 aliphatic heterocycles. The summed E-state index contributed by atoms with van der Waals surface area (Å²) in [5.41, 5.74) is 0. The van der Waals surface area contributed by atoms with E-state index in [9.17, 15) is 0 Å². The first-order valence-electron chi connectivity index (χ1n) is 7.01. The van der Waals surface area contributed by atoms with Crippen LogP contribution in [0.5, 0.6) is 0 Å². The summed E-state index contributed by atoms with van der Waals surface area (Å²) in [6, 6.07) is 4.70. The number of aromatic nitrogens is 3. The number of nitrogens with one attached hydrogen (secondary N) is 1. The first-order valence-corrected chi connectivity index (χ1v) is 7.82. The second-order valence-corrected chi connectivity index (χ2v) is 6.31. The van der Waals surface area contributed by atoms with Crippen LogP contribution in [-0.4, -0.2) is 14.8 Å². The lowest BCUT2D eigenvalue weighted by Crippen LogP contribution is -2.21. The molecule has 0 radical (unpaired) electrons. The highest BCUT2D eigenvalue weighted by Gasteiger charge is 2.20. The molecule has 3 rings (SSSR count). The van der Waals surface area contributed by atoms with Crippen LogP contribution in [0, 0.1) is 0 Å². The van der Waals surface area contributed by atoms with E-state index in [1.165, 1.54) is 16.2 Å². The third kappa shape index (κ3) is 2.58. The molecule has 3 heterocycles. The molecule has 1 atom stereocenters. The molecule has 0 aliphatic carbocycles. The van der Waals surface area contributed by atoms with Crippen LogP contribution in [-0.2, 0) is 25.9 Å². The minimum absolute atomic E-state index is 0.256. The lowest BCUT2D eigenvalue weighted by Gasteiger charge is -2.13. The van der Waals surface area contributed by atoms with Gasteiger partial charge in [-0.05, 0) is 31.9 Å². The molecule has 0 aromatic carbocycles. The van der Waals surface area contributed by atoms with Crippen molar-refractivity contribution >= 4 is 11.3 Å². The zero-order valence-electron chi connectivity index (χ0n) is 11.5. The van der Waals surface area contributed by atoms with E-state index < -0.39 is 0 Å². The second kappa shape index (κ2) is 5.43. The topological polar surface area (TPSA) is 42.7 Å². The molecule has 102 valence electrons. The van der Waals surface area contributed by atoms with Crippen LogP contribution in [0.4, 0.5) is 0 Å². The van der Waals surface area contributed by atoms with Gasteiger partial charge in [-0.15, -0.1) is 21.5 Å². The molecule has 1 unspecified atom stereocenters. The van der Waals surface area contributed by atoms with Gasteiger partial charge in [-0.1, -0.05) is 6.92 Å². The van der Waals surface area contributed by atoms with Crippen molar-refractivity contribution in [2.75, 3.05) is 0 Å². The number of nitrogens with zero attached hydrogens (tertiary/aromatic N) is 3. The Morgan fingerprint density at radius 2 is 2.21 bits per heavy atom. The molecular weight excluding hydrogens is 256 g/mol. The van der Waals surface area contributed by atoms with Crippen molar-refractivity contribution in [3.63, 3.8) is 0 Å². The summed E-state index contributed by atoms with van der Waals surface area (Å²) in [5, 5.41) is 12.1. The molecule has 1 N–H and O–H groups in total. The number of hydrogen-bond acceptors (Lipinski definition) is 4. The maximum atomic E-state index is 4.33. The van der Waals surface area contributed by atoms with Gasteiger partial charge in [0.15, 0.2) is 0 Å². The van der Waals surface area contributed by atoms with Crippen LogP contribution in [0.15, 0.2) is 12.1 Å². The van der Waals surface area contributed by atoms with E-state index in [0.717, 1.165) is 37.6 Å². The summed E-state index contributed by atoms with van der Waals surface area (Å²) in [5.74, 6) is 2.23. The summed E-state index contributed by atoms with van der Waals surface area (Å²) < 4.78 is 2.27. The zero-order chi connectivity index (χ0) is 13.2. The number of thiophene rings is 1. The smallest absolute Gasteiger partial charge is 0.149 e. The van der Waals surface area contributed by atoms with Gasteiger partial charge in [-0.2, -0.15) is 0 Å². The Hall–Kier alpha value is -1.20. The van der Waals surface area contributed by atoms with Gasteiger partial charge in [0.1, 0.15) is 11.6 Å². The molecule has 2 aromatic rings. The highest BCUT2D eigenvalue weighted by Crippen LogP contribution is 2.21. The van der Waals surface area contributed by atoms with Gasteiger partial charge < -0.3 is 9.88 Å². The minimum atomic E-state index is 0.256. The molecule has 1 aliphatic rings. The van der Waals surface area contributed by atoms with Crippen molar-refractivity contribution < 1.29 is 0 Å². The number of fused-ring (bicyclic) bond motifs is 1. The van der Waals surface area contributed by atoms with Crippen molar-refractivity contribution in [2.45, 2.75) is 52.2 Å². The normalized spacial score (nSPS) is 15.7. The fourth-order valence-electron chi connectivity index (χ4n) is 2.55. The van der Waals surface area contributed by atoms with Crippen molar-refractivity contribution in [2.24, 2.45) is 0 Å². The zero-order valence-corrected chi connectivity index (χ0v) is 12.3. The van der Waals surface area contributed by atoms with Gasteiger partial charge in [-0.3, -0.25) is 0 Å². The van der Waals surface area contributed by atoms with Crippen LogP contribution in [0.1, 0.15) is 47.7 Å². The predicted octanol–water partition coefficient (Wildman–Crippen LogP) is 2.70. The third-order valence-corrected chi connectivity index (χ3v) is 4.90. The van der Waals surface area contributed by atoms with Gasteiger partial charge in [0, 0.05) is 29.3 Å². The molecule has 2 aromatic heterocycles. The van der Waals surface area contributed by atoms with Crippen LogP contribution in [0.2, 0.25) is 0 Å². The van der Waals surface area contributed by atoms with E-state index >= 15 is 0 Å². The number of hydrogen-bond donors (Lipinski definition) is 1. The second-order valence-electron chi connectivity index (χ2n) is 5.05. The Bertz CT molecular complexity index is 558. The van der Waals surface area contributed by atoms with E-state index in [2.05, 4.69) is 46.1 Å². The van der Waals surface area contributed by atoms with Crippen molar-refractivity contribution in [3.8, 4) is 0 Å². The van der Waals surface area contributed by atoms with Gasteiger partial charge in [-0.25, -0.2) is 0 Å². The summed E-state index contributed by atoms with van der Waals surface area (Å²) in [7, 11) is 0. The quantitative estimate of drug-likeness (QED) is 0.913. The Balaban J connectivity index is 1.63. The van der Waals surface area contributed by atoms with Crippen LogP contribution < -0.4 is 5.32 Å². The van der Waals surface area contributed by atoms with E-state index in [-0.39, 0.29) is 6.04 Å². The van der Waals surface area contributed by atoms with Crippen molar-refractivity contribution in [1.29, 1.82) is 0 Å². The maximum Gasteiger partial charge on any atom is 0.149 e. The Kier molecular flexibility index (Phi) is 3.66. The maximum absolute atomic E-state index is 4.33. The van der Waals surface area contributed by atoms with Crippen molar-refractivity contribution in [1.82, 2.24) is 20.1 Å². The van der Waals surface area contributed by atoms with Crippen LogP contribution in [0.25, 0.3) is 0 Å². The Labute approximate surface area is 117 Å². The third-order valence-electron chi connectivity index (χ3n) is 3.67. The monoisotopic (exact) mass is 276 g/mol. The van der Waals surface area contributed by atoms with Crippen molar-refractivity contribution in [3.05, 3.63) is 33.5 Å². The molecular formula is C14H20N4S. The van der Waals surface area contributed by atoms with Gasteiger partial charge in [0.25, 0.3) is 0 Å². The fraction of sp³-hybridized carbons (Fsp3) is 0.571. The standard InChI is InChI=1S/C14H20N4S/c1-3-11-6-7-12(19-11)9-15-10(2)14-17-16-13-5-4-8-18(13)14/h6-7,10,15H,3-5,8-9H2,1-2H3. The van der Waals surface area contributed by atoms with Crippen LogP contribution >= 0.6 is 11.3 Å². The SMILES string of the molecule is CCc1ccc(CNC(C)c2nnc3n2CCC3)s1. The molecule has 19 heavy (non-hydrogen) atoms. The highest BCUT2D eigenvalue weighted by molar-refractivity contribution is 7.11. The summed E-state index contributed by atoms with van der Waals surface area (Å²) in [6.45, 7) is 6.35. The average molecular weight is 276 g/mol. The molecule has 4 nitrogen and oxygen atoms in total. The van der Waals surface area contributed by atoms with Gasteiger partial charge in [0.2, 0.25) is 0 Å². The number of aryl methyl sites for hydroxylation is 2. The molecule has 5 heteroatoms. The summed E-state index contributed by atoms with van der Waals surface area (Å²) in [6.07, 6.45) is 3.40. The van der Waals surface area contributed by atoms with Gasteiger partial charge in [0.05, 0.1) is 6.04 Å². The van der Waals surface area contributed by atoms with Gasteiger partial charge >= 0.3 is 0 Å². The van der Waals surface area contributed by atoms with E-state index in [1.54, 1.807) is 0 Å². The predicted molar refractivity (Wildman–Crippen MR) is 77.3 cm³/mol. The number of rotatable bonds is 5. The summed E-state index contributed by atoms with van der Waals surface area (Å²) >= 11 is 1.89. The fourth-order valence-corrected chi connectivity index (χ4v) is 3.45. The largest absolute Gasteiger partial charge is 0.314 e. The highest BCUT2D eigenvalue weighted by atomic mass is 32.1. The minimum Gasteiger partial charge on any atom is -0.314 e. The van der Waals surface area contributed by atoms with E-state index in [4.69, 9.17) is 0 Å². The molecule has 0 spiro atoms. The molecule has 0 bridgehead atoms. The van der Waals surface area contributed by atoms with E-state index in [0.29, 0.717) is 0 Å². The molecule has 0 saturated heterocycles. The Morgan fingerprint density at radius 3 is 3.00 bits per heavy atom. The summed E-state index contributed by atoms with van der Waals surface area (Å²) in [4.78, 5) is 2.85. The first-order chi connectivity index (χ1) is 9.28. The molecule has 0 amide bonds. The van der Waals surface area contributed by atoms with Crippen LogP contribution in [0.3, 0.4) is 0 Å². The lowest BCUT2D eigenvalue weighted by atomic mass is 10.3.